The fourth-order valence-corrected chi connectivity index (χ4v) is 4.74. The highest BCUT2D eigenvalue weighted by molar-refractivity contribution is 5.69. The van der Waals surface area contributed by atoms with Gasteiger partial charge in [-0.3, -0.25) is 19.2 Å². The lowest BCUT2D eigenvalue weighted by molar-refractivity contribution is -0.254. The first-order valence-corrected chi connectivity index (χ1v) is 13.0. The Balaban J connectivity index is 2.19. The lowest BCUT2D eigenvalue weighted by Crippen LogP contribution is -2.59. The summed E-state index contributed by atoms with van der Waals surface area (Å²) in [6.07, 6.45) is -5.92. The second-order valence-corrected chi connectivity index (χ2v) is 9.51. The van der Waals surface area contributed by atoms with Gasteiger partial charge in [0.25, 0.3) is 0 Å². The van der Waals surface area contributed by atoms with Crippen LogP contribution in [0.15, 0.2) is 36.4 Å². The fourth-order valence-electron chi connectivity index (χ4n) is 4.74. The summed E-state index contributed by atoms with van der Waals surface area (Å²) in [5.74, 6) is -1.92. The molecule has 2 aromatic rings. The van der Waals surface area contributed by atoms with Gasteiger partial charge in [-0.05, 0) is 41.8 Å². The number of nitriles is 1. The molecule has 0 aromatic heterocycles. The summed E-state index contributed by atoms with van der Waals surface area (Å²) in [6.45, 7) is 4.29. The monoisotopic (exact) mass is 583 g/mol. The predicted molar refractivity (Wildman–Crippen MR) is 144 cm³/mol. The van der Waals surface area contributed by atoms with E-state index in [-0.39, 0.29) is 12.4 Å². The van der Waals surface area contributed by atoms with Crippen molar-refractivity contribution < 1.29 is 52.3 Å². The average molecular weight is 584 g/mol. The minimum atomic E-state index is -1.35. The number of nitrogens with zero attached hydrogens (tertiary/aromatic N) is 1. The molecule has 12 heteroatoms. The molecule has 12 nitrogen and oxygen atoms in total. The van der Waals surface area contributed by atoms with Gasteiger partial charge in [-0.15, -0.1) is 0 Å². The highest BCUT2D eigenvalue weighted by Gasteiger charge is 2.53. The van der Waals surface area contributed by atoms with Crippen LogP contribution in [0.5, 0.6) is 11.5 Å². The van der Waals surface area contributed by atoms with Crippen LogP contribution < -0.4 is 9.47 Å². The quantitative estimate of drug-likeness (QED) is 0.298. The van der Waals surface area contributed by atoms with E-state index in [4.69, 9.17) is 33.2 Å². The van der Waals surface area contributed by atoms with E-state index in [1.165, 1.54) is 27.0 Å². The molecule has 0 unspecified atom stereocenters. The van der Waals surface area contributed by atoms with Crippen LogP contribution in [0.1, 0.15) is 56.1 Å². The van der Waals surface area contributed by atoms with Gasteiger partial charge in [0.15, 0.2) is 18.3 Å². The molecular weight excluding hydrogens is 550 g/mol. The molecule has 0 bridgehead atoms. The minimum Gasteiger partial charge on any atom is -0.497 e. The number of methoxy groups -OCH3 is 2. The number of ether oxygens (including phenoxy) is 7. The maximum atomic E-state index is 12.3. The lowest BCUT2D eigenvalue weighted by atomic mass is 9.87. The maximum Gasteiger partial charge on any atom is 0.303 e. The summed E-state index contributed by atoms with van der Waals surface area (Å²) in [5.41, 5.74) is 2.17. The summed E-state index contributed by atoms with van der Waals surface area (Å²) in [5, 5.41) is 9.91. The zero-order valence-corrected chi connectivity index (χ0v) is 24.2. The van der Waals surface area contributed by atoms with Crippen molar-refractivity contribution in [3.05, 3.63) is 58.7 Å². The summed E-state index contributed by atoms with van der Waals surface area (Å²) < 4.78 is 38.9. The van der Waals surface area contributed by atoms with Crippen LogP contribution in [0.4, 0.5) is 0 Å². The average Bonchev–Trinajstić information content (AvgIpc) is 2.93. The second kappa shape index (κ2) is 14.3. The highest BCUT2D eigenvalue weighted by Crippen LogP contribution is 2.42. The molecule has 0 saturated carbocycles. The molecule has 1 aliphatic heterocycles. The Morgan fingerprint density at radius 2 is 1.40 bits per heavy atom. The van der Waals surface area contributed by atoms with Crippen LogP contribution in [0.25, 0.3) is 0 Å². The van der Waals surface area contributed by atoms with Crippen molar-refractivity contribution in [3.63, 3.8) is 0 Å². The third kappa shape index (κ3) is 7.98. The minimum absolute atomic E-state index is 0.228. The summed E-state index contributed by atoms with van der Waals surface area (Å²) in [7, 11) is 2.96. The van der Waals surface area contributed by atoms with E-state index in [0.29, 0.717) is 28.9 Å². The summed E-state index contributed by atoms with van der Waals surface area (Å²) >= 11 is 0. The molecule has 0 radical (unpaired) electrons. The largest absolute Gasteiger partial charge is 0.497 e. The molecule has 224 valence electrons. The third-order valence-electron chi connectivity index (χ3n) is 6.43. The Kier molecular flexibility index (Phi) is 10.9. The fraction of sp³-hybridized carbons (Fsp3) is 0.433. The second-order valence-electron chi connectivity index (χ2n) is 9.51. The highest BCUT2D eigenvalue weighted by atomic mass is 16.7. The standard InChI is InChI=1S/C30H33NO11/c1-16(32)38-15-26-28(39-17(2)33)30(41-19(4)35)29(40-18(3)34)27(42-26)24-12-21(22(14-31)13-25(24)37-6)11-20-7-9-23(36-5)10-8-20/h7-10,12-13,26-30H,11,15H2,1-6H3/t26-,27+,28-,29+,30+/m1/s1. The van der Waals surface area contributed by atoms with Crippen molar-refractivity contribution in [3.8, 4) is 17.6 Å². The van der Waals surface area contributed by atoms with Crippen LogP contribution in [0.2, 0.25) is 0 Å². The number of rotatable bonds is 10. The Hall–Kier alpha value is -4.63. The van der Waals surface area contributed by atoms with E-state index in [1.807, 2.05) is 12.1 Å². The summed E-state index contributed by atoms with van der Waals surface area (Å²) in [4.78, 5) is 48.2. The van der Waals surface area contributed by atoms with Crippen LogP contribution in [0.3, 0.4) is 0 Å². The number of hydrogen-bond acceptors (Lipinski definition) is 12. The van der Waals surface area contributed by atoms with Crippen molar-refractivity contribution in [2.24, 2.45) is 0 Å². The molecule has 2 aromatic carbocycles. The zero-order valence-electron chi connectivity index (χ0n) is 24.2. The van der Waals surface area contributed by atoms with Crippen LogP contribution in [-0.2, 0) is 49.3 Å². The first-order chi connectivity index (χ1) is 20.0. The topological polar surface area (TPSA) is 157 Å². The number of hydrogen-bond donors (Lipinski definition) is 0. The molecule has 0 N–H and O–H groups in total. The van der Waals surface area contributed by atoms with Gasteiger partial charge in [0.2, 0.25) is 0 Å². The number of carbonyl (C=O) groups is 4. The summed E-state index contributed by atoms with van der Waals surface area (Å²) in [6, 6.07) is 12.7. The lowest BCUT2D eigenvalue weighted by Gasteiger charge is -2.44. The van der Waals surface area contributed by atoms with Gasteiger partial charge >= 0.3 is 23.9 Å². The van der Waals surface area contributed by atoms with Crippen molar-refractivity contribution in [1.82, 2.24) is 0 Å². The molecule has 0 aliphatic carbocycles. The van der Waals surface area contributed by atoms with Crippen molar-refractivity contribution >= 4 is 23.9 Å². The molecule has 1 fully saturated rings. The normalized spacial score (nSPS) is 21.3. The number of esters is 4. The molecular formula is C30H33NO11. The van der Waals surface area contributed by atoms with Crippen LogP contribution >= 0.6 is 0 Å². The van der Waals surface area contributed by atoms with E-state index >= 15 is 0 Å². The van der Waals surface area contributed by atoms with Gasteiger partial charge < -0.3 is 33.2 Å². The zero-order chi connectivity index (χ0) is 31.0. The third-order valence-corrected chi connectivity index (χ3v) is 6.43. The van der Waals surface area contributed by atoms with E-state index in [9.17, 15) is 24.4 Å². The Morgan fingerprint density at radius 3 is 1.93 bits per heavy atom. The number of carbonyl (C=O) groups excluding carboxylic acids is 4. The first-order valence-electron chi connectivity index (χ1n) is 13.0. The molecule has 0 amide bonds. The van der Waals surface area contributed by atoms with Crippen LogP contribution in [0, 0.1) is 11.3 Å². The van der Waals surface area contributed by atoms with Crippen LogP contribution in [-0.4, -0.2) is 69.1 Å². The molecule has 0 spiro atoms. The van der Waals surface area contributed by atoms with E-state index in [2.05, 4.69) is 6.07 Å². The molecule has 1 heterocycles. The van der Waals surface area contributed by atoms with E-state index in [0.717, 1.165) is 19.4 Å². The molecule has 1 saturated heterocycles. The van der Waals surface area contributed by atoms with Gasteiger partial charge in [-0.2, -0.15) is 5.26 Å². The Bertz CT molecular complexity index is 1350. The maximum absolute atomic E-state index is 12.3. The SMILES string of the molecule is COc1ccc(Cc2cc([C@@H]3O[C@H](COC(C)=O)[C@@H](OC(C)=O)[C@H](OC(C)=O)[C@H]3OC(C)=O)c(OC)cc2C#N)cc1. The Morgan fingerprint density at radius 1 is 0.810 bits per heavy atom. The van der Waals surface area contributed by atoms with Gasteiger partial charge in [-0.25, -0.2) is 0 Å². The first kappa shape index (κ1) is 31.9. The predicted octanol–water partition coefficient (Wildman–Crippen LogP) is 2.96. The van der Waals surface area contributed by atoms with E-state index in [1.54, 1.807) is 25.3 Å². The number of benzene rings is 2. The smallest absolute Gasteiger partial charge is 0.303 e. The van der Waals surface area contributed by atoms with Gasteiger partial charge in [-0.1, -0.05) is 12.1 Å². The van der Waals surface area contributed by atoms with Gasteiger partial charge in [0.1, 0.15) is 30.3 Å². The van der Waals surface area contributed by atoms with Crippen molar-refractivity contribution in [2.45, 2.75) is 64.6 Å². The molecule has 42 heavy (non-hydrogen) atoms. The molecule has 3 rings (SSSR count). The van der Waals surface area contributed by atoms with E-state index < -0.39 is 54.4 Å². The van der Waals surface area contributed by atoms with Gasteiger partial charge in [0.05, 0.1) is 25.9 Å². The Labute approximate surface area is 243 Å². The molecule has 1 aliphatic rings. The van der Waals surface area contributed by atoms with Gasteiger partial charge in [0, 0.05) is 33.3 Å². The van der Waals surface area contributed by atoms with Crippen molar-refractivity contribution in [1.29, 1.82) is 5.26 Å². The molecule has 5 atom stereocenters. The van der Waals surface area contributed by atoms with Crippen molar-refractivity contribution in [2.75, 3.05) is 20.8 Å².